The molecule has 2 atom stereocenters. The number of carbonyl (C=O) groups is 1. The minimum atomic E-state index is -0.717. The smallest absolute Gasteiger partial charge is 0.312 e. The fourth-order valence-corrected chi connectivity index (χ4v) is 2.44. The highest BCUT2D eigenvalue weighted by Crippen LogP contribution is 2.29. The third kappa shape index (κ3) is 2.34. The Morgan fingerprint density at radius 2 is 2.24 bits per heavy atom. The van der Waals surface area contributed by atoms with Gasteiger partial charge in [0.1, 0.15) is 0 Å². The summed E-state index contributed by atoms with van der Waals surface area (Å²) < 4.78 is 0. The maximum absolute atomic E-state index is 11.3. The largest absolute Gasteiger partial charge is 0.481 e. The number of rotatable bonds is 3. The van der Waals surface area contributed by atoms with Gasteiger partial charge in [-0.1, -0.05) is 31.2 Å². The first-order valence-corrected chi connectivity index (χ1v) is 6.18. The van der Waals surface area contributed by atoms with Crippen molar-refractivity contribution in [3.63, 3.8) is 0 Å². The number of nitrogens with zero attached hydrogens (tertiary/aromatic N) is 1. The minimum Gasteiger partial charge on any atom is -0.481 e. The molecule has 0 bridgehead atoms. The Morgan fingerprint density at radius 1 is 1.53 bits per heavy atom. The van der Waals surface area contributed by atoms with Crippen LogP contribution >= 0.6 is 0 Å². The summed E-state index contributed by atoms with van der Waals surface area (Å²) in [4.78, 5) is 13.6. The van der Waals surface area contributed by atoms with Gasteiger partial charge in [0.2, 0.25) is 0 Å². The van der Waals surface area contributed by atoms with E-state index in [0.717, 1.165) is 24.1 Å². The second kappa shape index (κ2) is 4.88. The summed E-state index contributed by atoms with van der Waals surface area (Å²) in [6.45, 7) is 5.80. The Hall–Kier alpha value is -1.35. The highest BCUT2D eigenvalue weighted by Gasteiger charge is 2.31. The van der Waals surface area contributed by atoms with Crippen molar-refractivity contribution in [2.45, 2.75) is 38.8 Å². The summed E-state index contributed by atoms with van der Waals surface area (Å²) in [5.41, 5.74) is 2.14. The average molecular weight is 233 g/mol. The van der Waals surface area contributed by atoms with Crippen LogP contribution in [0.25, 0.3) is 0 Å². The molecule has 17 heavy (non-hydrogen) atoms. The van der Waals surface area contributed by atoms with Gasteiger partial charge in [0, 0.05) is 19.1 Å². The van der Waals surface area contributed by atoms with Gasteiger partial charge in [-0.3, -0.25) is 9.69 Å². The van der Waals surface area contributed by atoms with Crippen molar-refractivity contribution < 1.29 is 9.90 Å². The molecular weight excluding hydrogens is 214 g/mol. The molecule has 1 aromatic carbocycles. The fourth-order valence-electron chi connectivity index (χ4n) is 2.44. The van der Waals surface area contributed by atoms with E-state index in [2.05, 4.69) is 18.7 Å². The molecule has 2 unspecified atom stereocenters. The molecule has 1 aromatic rings. The zero-order chi connectivity index (χ0) is 12.4. The lowest BCUT2D eigenvalue weighted by molar-refractivity contribution is -0.139. The summed E-state index contributed by atoms with van der Waals surface area (Å²) >= 11 is 0. The van der Waals surface area contributed by atoms with Crippen molar-refractivity contribution in [3.8, 4) is 0 Å². The van der Waals surface area contributed by atoms with E-state index in [-0.39, 0.29) is 5.92 Å². The van der Waals surface area contributed by atoms with Gasteiger partial charge in [-0.25, -0.2) is 0 Å². The molecular formula is C14H19NO2. The van der Waals surface area contributed by atoms with Crippen LogP contribution in [-0.4, -0.2) is 28.6 Å². The average Bonchev–Trinajstić information content (AvgIpc) is 2.36. The van der Waals surface area contributed by atoms with Crippen molar-refractivity contribution in [1.82, 2.24) is 4.90 Å². The number of carboxylic acid groups (broad SMARTS) is 1. The van der Waals surface area contributed by atoms with Gasteiger partial charge in [0.15, 0.2) is 0 Å². The maximum Gasteiger partial charge on any atom is 0.312 e. The molecule has 1 aliphatic rings. The second-order valence-electron chi connectivity index (χ2n) is 4.78. The van der Waals surface area contributed by atoms with Gasteiger partial charge < -0.3 is 5.11 Å². The molecule has 0 radical (unpaired) electrons. The van der Waals surface area contributed by atoms with E-state index in [9.17, 15) is 9.90 Å². The molecule has 0 aromatic heterocycles. The molecule has 0 aliphatic carbocycles. The van der Waals surface area contributed by atoms with E-state index in [1.54, 1.807) is 0 Å². The van der Waals surface area contributed by atoms with Crippen LogP contribution in [0.1, 0.15) is 37.3 Å². The highest BCUT2D eigenvalue weighted by atomic mass is 16.4. The number of aliphatic carboxylic acids is 1. The number of hydrogen-bond acceptors (Lipinski definition) is 2. The van der Waals surface area contributed by atoms with Crippen molar-refractivity contribution >= 4 is 5.97 Å². The first-order valence-electron chi connectivity index (χ1n) is 6.18. The molecule has 2 rings (SSSR count). The van der Waals surface area contributed by atoms with Crippen molar-refractivity contribution in [1.29, 1.82) is 0 Å². The lowest BCUT2D eigenvalue weighted by atomic mass is 9.89. The zero-order valence-electron chi connectivity index (χ0n) is 10.4. The van der Waals surface area contributed by atoms with Crippen LogP contribution < -0.4 is 0 Å². The first-order chi connectivity index (χ1) is 8.13. The van der Waals surface area contributed by atoms with Crippen LogP contribution in [0, 0.1) is 0 Å². The fraction of sp³-hybridized carbons (Fsp3) is 0.500. The first kappa shape index (κ1) is 12.1. The molecule has 3 heteroatoms. The third-order valence-electron chi connectivity index (χ3n) is 3.73. The maximum atomic E-state index is 11.3. The van der Waals surface area contributed by atoms with E-state index in [0.29, 0.717) is 12.6 Å². The van der Waals surface area contributed by atoms with Crippen LogP contribution in [0.15, 0.2) is 24.3 Å². The van der Waals surface area contributed by atoms with Gasteiger partial charge in [0.25, 0.3) is 0 Å². The Labute approximate surface area is 102 Å². The van der Waals surface area contributed by atoms with E-state index in [4.69, 9.17) is 0 Å². The summed E-state index contributed by atoms with van der Waals surface area (Å²) in [6.07, 6.45) is 1.05. The van der Waals surface area contributed by atoms with Crippen LogP contribution in [0.2, 0.25) is 0 Å². The number of hydrogen-bond donors (Lipinski definition) is 1. The summed E-state index contributed by atoms with van der Waals surface area (Å²) in [7, 11) is 0. The molecule has 92 valence electrons. The predicted octanol–water partition coefficient (Wildman–Crippen LogP) is 2.47. The number of benzene rings is 1. The Kier molecular flexibility index (Phi) is 3.48. The molecule has 0 spiro atoms. The van der Waals surface area contributed by atoms with Crippen molar-refractivity contribution in [2.24, 2.45) is 0 Å². The van der Waals surface area contributed by atoms with E-state index >= 15 is 0 Å². The van der Waals surface area contributed by atoms with Crippen LogP contribution in [0.3, 0.4) is 0 Å². The Morgan fingerprint density at radius 3 is 2.88 bits per heavy atom. The van der Waals surface area contributed by atoms with Gasteiger partial charge in [-0.15, -0.1) is 0 Å². The van der Waals surface area contributed by atoms with Gasteiger partial charge in [-0.05, 0) is 24.5 Å². The van der Waals surface area contributed by atoms with Gasteiger partial charge >= 0.3 is 5.97 Å². The van der Waals surface area contributed by atoms with E-state index in [1.807, 2.05) is 24.3 Å². The van der Waals surface area contributed by atoms with Crippen LogP contribution in [-0.2, 0) is 11.3 Å². The summed E-state index contributed by atoms with van der Waals surface area (Å²) in [5, 5.41) is 9.33. The minimum absolute atomic E-state index is 0.381. The Balaban J connectivity index is 2.32. The topological polar surface area (TPSA) is 40.5 Å². The van der Waals surface area contributed by atoms with Crippen LogP contribution in [0.5, 0.6) is 0 Å². The molecule has 0 amide bonds. The third-order valence-corrected chi connectivity index (χ3v) is 3.73. The molecule has 1 N–H and O–H groups in total. The number of carboxylic acids is 1. The normalized spacial score (nSPS) is 21.9. The zero-order valence-corrected chi connectivity index (χ0v) is 10.4. The van der Waals surface area contributed by atoms with E-state index in [1.165, 1.54) is 0 Å². The van der Waals surface area contributed by atoms with Gasteiger partial charge in [-0.2, -0.15) is 0 Å². The lowest BCUT2D eigenvalue weighted by Crippen LogP contribution is -2.41. The van der Waals surface area contributed by atoms with Crippen LogP contribution in [0.4, 0.5) is 0 Å². The monoisotopic (exact) mass is 233 g/mol. The molecule has 3 nitrogen and oxygen atoms in total. The molecule has 1 aliphatic heterocycles. The summed E-state index contributed by atoms with van der Waals surface area (Å²) in [6, 6.07) is 8.33. The van der Waals surface area contributed by atoms with Crippen molar-refractivity contribution in [3.05, 3.63) is 35.4 Å². The molecule has 0 saturated heterocycles. The SMILES string of the molecule is CCC(C)N1Cc2ccccc2C(C(=O)O)C1. The second-order valence-corrected chi connectivity index (χ2v) is 4.78. The van der Waals surface area contributed by atoms with Crippen molar-refractivity contribution in [2.75, 3.05) is 6.54 Å². The summed E-state index contributed by atoms with van der Waals surface area (Å²) in [5.74, 6) is -1.10. The lowest BCUT2D eigenvalue weighted by Gasteiger charge is -2.36. The number of fused-ring (bicyclic) bond motifs is 1. The quantitative estimate of drug-likeness (QED) is 0.872. The molecule has 0 saturated carbocycles. The molecule has 0 fully saturated rings. The predicted molar refractivity (Wildman–Crippen MR) is 67.0 cm³/mol. The molecule has 1 heterocycles. The van der Waals surface area contributed by atoms with Gasteiger partial charge in [0.05, 0.1) is 5.92 Å². The highest BCUT2D eigenvalue weighted by molar-refractivity contribution is 5.77. The van der Waals surface area contributed by atoms with E-state index < -0.39 is 5.97 Å². The Bertz CT molecular complexity index is 416. The standard InChI is InChI=1S/C14H19NO2/c1-3-10(2)15-8-11-6-4-5-7-12(11)13(9-15)14(16)17/h4-7,10,13H,3,8-9H2,1-2H3,(H,16,17).